The molecule has 3 nitrogen and oxygen atoms in total. The van der Waals surface area contributed by atoms with Gasteiger partial charge in [0.25, 0.3) is 0 Å². The van der Waals surface area contributed by atoms with E-state index in [0.29, 0.717) is 5.56 Å². The number of carbonyl (C=O) groups excluding carboxylic acids is 1. The van der Waals surface area contributed by atoms with Crippen LogP contribution >= 0.6 is 0 Å². The first-order valence-corrected chi connectivity index (χ1v) is 5.77. The fourth-order valence-corrected chi connectivity index (χ4v) is 1.92. The summed E-state index contributed by atoms with van der Waals surface area (Å²) in [5, 5.41) is 0. The zero-order chi connectivity index (χ0) is 12.3. The Hall–Kier alpha value is -1.42. The van der Waals surface area contributed by atoms with Crippen molar-refractivity contribution in [3.8, 4) is 0 Å². The summed E-state index contributed by atoms with van der Waals surface area (Å²) in [5.74, 6) is -0.707. The molecule has 0 spiro atoms. The molecule has 2 N–H and O–H groups in total. The van der Waals surface area contributed by atoms with Crippen LogP contribution in [0.2, 0.25) is 0 Å². The van der Waals surface area contributed by atoms with E-state index in [-0.39, 0.29) is 30.4 Å². The smallest absolute Gasteiger partial charge is 0.307 e. The molecule has 1 aliphatic rings. The Kier molecular flexibility index (Phi) is 3.43. The minimum atomic E-state index is -0.383. The van der Waals surface area contributed by atoms with Crippen LogP contribution in [0.3, 0.4) is 0 Å². The molecule has 0 unspecified atom stereocenters. The minimum Gasteiger partial charge on any atom is -0.461 e. The van der Waals surface area contributed by atoms with Gasteiger partial charge in [0.2, 0.25) is 0 Å². The van der Waals surface area contributed by atoms with E-state index in [0.717, 1.165) is 19.3 Å². The van der Waals surface area contributed by atoms with Gasteiger partial charge in [-0.1, -0.05) is 18.2 Å². The molecule has 0 saturated heterocycles. The highest BCUT2D eigenvalue weighted by atomic mass is 19.1. The van der Waals surface area contributed by atoms with Gasteiger partial charge in [0, 0.05) is 11.1 Å². The van der Waals surface area contributed by atoms with E-state index in [1.807, 2.05) is 0 Å². The van der Waals surface area contributed by atoms with Crippen molar-refractivity contribution >= 4 is 5.97 Å². The van der Waals surface area contributed by atoms with Crippen molar-refractivity contribution in [1.82, 2.24) is 0 Å². The van der Waals surface area contributed by atoms with Crippen molar-refractivity contribution in [2.45, 2.75) is 37.8 Å². The molecule has 0 amide bonds. The second-order valence-corrected chi connectivity index (χ2v) is 4.64. The number of ether oxygens (including phenoxy) is 1. The second kappa shape index (κ2) is 4.84. The number of benzene rings is 1. The summed E-state index contributed by atoms with van der Waals surface area (Å²) >= 11 is 0. The largest absolute Gasteiger partial charge is 0.461 e. The predicted molar refractivity (Wildman–Crippen MR) is 61.6 cm³/mol. The van der Waals surface area contributed by atoms with Gasteiger partial charge < -0.3 is 10.5 Å². The molecule has 0 radical (unpaired) electrons. The van der Waals surface area contributed by atoms with Crippen LogP contribution in [0.15, 0.2) is 24.3 Å². The van der Waals surface area contributed by atoms with Gasteiger partial charge in [-0.3, -0.25) is 4.79 Å². The molecule has 92 valence electrons. The first-order chi connectivity index (χ1) is 8.09. The number of rotatable bonds is 4. The Morgan fingerprint density at radius 1 is 1.41 bits per heavy atom. The lowest BCUT2D eigenvalue weighted by Gasteiger charge is -2.37. The molecule has 1 saturated carbocycles. The van der Waals surface area contributed by atoms with Crippen LogP contribution < -0.4 is 5.73 Å². The SMILES string of the molecule is NC1(CC(=O)OCc2ccccc2F)CCC1. The van der Waals surface area contributed by atoms with Crippen molar-refractivity contribution in [1.29, 1.82) is 0 Å². The van der Waals surface area contributed by atoms with Gasteiger partial charge in [-0.25, -0.2) is 4.39 Å². The fraction of sp³-hybridized carbons (Fsp3) is 0.462. The third kappa shape index (κ3) is 3.03. The Morgan fingerprint density at radius 3 is 2.71 bits per heavy atom. The van der Waals surface area contributed by atoms with Crippen LogP contribution in [-0.2, 0) is 16.1 Å². The van der Waals surface area contributed by atoms with Crippen LogP contribution in [0.5, 0.6) is 0 Å². The summed E-state index contributed by atoms with van der Waals surface area (Å²) in [6.07, 6.45) is 3.02. The molecule has 4 heteroatoms. The highest BCUT2D eigenvalue weighted by molar-refractivity contribution is 5.71. The molecule has 0 aromatic heterocycles. The van der Waals surface area contributed by atoms with Gasteiger partial charge >= 0.3 is 5.97 Å². The third-order valence-electron chi connectivity index (χ3n) is 3.19. The standard InChI is InChI=1S/C13H16FNO2/c14-11-5-2-1-4-10(11)9-17-12(16)8-13(15)6-3-7-13/h1-2,4-5H,3,6-9,15H2. The molecular formula is C13H16FNO2. The van der Waals surface area contributed by atoms with Crippen molar-refractivity contribution in [3.05, 3.63) is 35.6 Å². The number of esters is 1. The van der Waals surface area contributed by atoms with Crippen LogP contribution in [0, 0.1) is 5.82 Å². The van der Waals surface area contributed by atoms with Crippen molar-refractivity contribution in [2.24, 2.45) is 5.73 Å². The molecule has 0 heterocycles. The number of carbonyl (C=O) groups is 1. The first-order valence-electron chi connectivity index (χ1n) is 5.77. The summed E-state index contributed by atoms with van der Waals surface area (Å²) in [4.78, 5) is 11.5. The van der Waals surface area contributed by atoms with E-state index in [1.54, 1.807) is 18.2 Å². The van der Waals surface area contributed by atoms with E-state index >= 15 is 0 Å². The molecule has 0 atom stereocenters. The van der Waals surface area contributed by atoms with Crippen molar-refractivity contribution < 1.29 is 13.9 Å². The molecule has 17 heavy (non-hydrogen) atoms. The number of hydrogen-bond donors (Lipinski definition) is 1. The molecule has 0 aliphatic heterocycles. The lowest BCUT2D eigenvalue weighted by atomic mass is 9.75. The highest BCUT2D eigenvalue weighted by Crippen LogP contribution is 2.32. The first kappa shape index (κ1) is 12.0. The lowest BCUT2D eigenvalue weighted by Crippen LogP contribution is -2.48. The normalized spacial score (nSPS) is 17.3. The van der Waals surface area contributed by atoms with Gasteiger partial charge in [0.1, 0.15) is 12.4 Å². The van der Waals surface area contributed by atoms with Gasteiger partial charge in [0.05, 0.1) is 6.42 Å². The Labute approximate surface area is 99.8 Å². The molecule has 1 aliphatic carbocycles. The maximum Gasteiger partial charge on any atom is 0.307 e. The van der Waals surface area contributed by atoms with Crippen LogP contribution in [0.1, 0.15) is 31.2 Å². The number of halogens is 1. The Bertz CT molecular complexity index is 416. The quantitative estimate of drug-likeness (QED) is 0.816. The molecular weight excluding hydrogens is 221 g/mol. The van der Waals surface area contributed by atoms with Crippen LogP contribution in [-0.4, -0.2) is 11.5 Å². The maximum atomic E-state index is 13.2. The summed E-state index contributed by atoms with van der Waals surface area (Å²) in [6.45, 7) is -0.0262. The van der Waals surface area contributed by atoms with E-state index in [9.17, 15) is 9.18 Å². The van der Waals surface area contributed by atoms with E-state index in [1.165, 1.54) is 6.07 Å². The zero-order valence-electron chi connectivity index (χ0n) is 9.62. The average Bonchev–Trinajstić information content (AvgIpc) is 2.26. The van der Waals surface area contributed by atoms with E-state index in [4.69, 9.17) is 10.5 Å². The highest BCUT2D eigenvalue weighted by Gasteiger charge is 2.35. The Balaban J connectivity index is 1.82. The predicted octanol–water partition coefficient (Wildman–Crippen LogP) is 2.14. The summed E-state index contributed by atoms with van der Waals surface area (Å²) in [5.41, 5.74) is 5.93. The summed E-state index contributed by atoms with van der Waals surface area (Å²) in [7, 11) is 0. The minimum absolute atomic E-state index is 0.0262. The average molecular weight is 237 g/mol. The molecule has 1 aromatic rings. The van der Waals surface area contributed by atoms with E-state index in [2.05, 4.69) is 0 Å². The molecule has 1 aromatic carbocycles. The zero-order valence-corrected chi connectivity index (χ0v) is 9.62. The number of nitrogens with two attached hydrogens (primary N) is 1. The Morgan fingerprint density at radius 2 is 2.12 bits per heavy atom. The van der Waals surface area contributed by atoms with Crippen LogP contribution in [0.4, 0.5) is 4.39 Å². The van der Waals surface area contributed by atoms with E-state index < -0.39 is 0 Å². The van der Waals surface area contributed by atoms with Crippen molar-refractivity contribution in [2.75, 3.05) is 0 Å². The van der Waals surface area contributed by atoms with Gasteiger partial charge in [-0.2, -0.15) is 0 Å². The van der Waals surface area contributed by atoms with Gasteiger partial charge in [-0.05, 0) is 25.3 Å². The number of hydrogen-bond acceptors (Lipinski definition) is 3. The molecule has 2 rings (SSSR count). The maximum absolute atomic E-state index is 13.2. The topological polar surface area (TPSA) is 52.3 Å². The lowest BCUT2D eigenvalue weighted by molar-refractivity contribution is -0.147. The monoisotopic (exact) mass is 237 g/mol. The summed E-state index contributed by atoms with van der Waals surface area (Å²) < 4.78 is 18.3. The third-order valence-corrected chi connectivity index (χ3v) is 3.19. The fourth-order valence-electron chi connectivity index (χ4n) is 1.92. The van der Waals surface area contributed by atoms with Gasteiger partial charge in [0.15, 0.2) is 0 Å². The second-order valence-electron chi connectivity index (χ2n) is 4.64. The molecule has 0 bridgehead atoms. The summed E-state index contributed by atoms with van der Waals surface area (Å²) in [6, 6.07) is 6.26. The van der Waals surface area contributed by atoms with Crippen molar-refractivity contribution in [3.63, 3.8) is 0 Å². The molecule has 1 fully saturated rings. The van der Waals surface area contributed by atoms with Gasteiger partial charge in [-0.15, -0.1) is 0 Å². The van der Waals surface area contributed by atoms with Crippen LogP contribution in [0.25, 0.3) is 0 Å².